The number of carbonyl (C=O) groups excluding carboxylic acids is 3. The number of para-hydroxylation sites is 2. The van der Waals surface area contributed by atoms with E-state index < -0.39 is 11.9 Å². The lowest BCUT2D eigenvalue weighted by Gasteiger charge is -2.36. The number of benzene rings is 4. The molecule has 15 nitrogen and oxygen atoms in total. The number of amides is 3. The van der Waals surface area contributed by atoms with Crippen molar-refractivity contribution in [1.82, 2.24) is 30.0 Å². The molecule has 1 unspecified atom stereocenters. The maximum absolute atomic E-state index is 13.6. The maximum Gasteiger partial charge on any atom is 0.355 e. The molecule has 7 aromatic rings. The highest BCUT2D eigenvalue weighted by Gasteiger charge is 2.33. The van der Waals surface area contributed by atoms with Gasteiger partial charge in [0, 0.05) is 69.3 Å². The minimum Gasteiger partial charge on any atom is -0.493 e. The molecule has 0 radical (unpaired) electrons. The van der Waals surface area contributed by atoms with E-state index in [4.69, 9.17) is 14.8 Å². The van der Waals surface area contributed by atoms with Crippen LogP contribution in [0.3, 0.4) is 0 Å². The van der Waals surface area contributed by atoms with E-state index in [1.807, 2.05) is 102 Å². The van der Waals surface area contributed by atoms with Crippen molar-refractivity contribution in [2.75, 3.05) is 61.0 Å². The number of anilines is 3. The minimum absolute atomic E-state index is 0.0255. The van der Waals surface area contributed by atoms with E-state index in [9.17, 15) is 24.3 Å². The Bertz CT molecular complexity index is 3130. The Morgan fingerprint density at radius 3 is 2.39 bits per heavy atom. The summed E-state index contributed by atoms with van der Waals surface area (Å²) in [6, 6.07) is 29.3. The molecule has 3 aliphatic heterocycles. The summed E-state index contributed by atoms with van der Waals surface area (Å²) < 4.78 is 9.19. The Morgan fingerprint density at radius 1 is 0.806 bits per heavy atom. The second-order valence-electron chi connectivity index (χ2n) is 19.2. The predicted molar refractivity (Wildman–Crippen MR) is 282 cm³/mol. The molecule has 3 amide bonds. The van der Waals surface area contributed by atoms with E-state index in [0.29, 0.717) is 61.0 Å². The summed E-state index contributed by atoms with van der Waals surface area (Å²) in [5, 5.41) is 22.3. The maximum atomic E-state index is 13.6. The number of piperidine rings is 1. The number of carbonyl (C=O) groups is 4. The fraction of sp³-hybridized carbons (Fsp3) is 0.375. The molecule has 16 heteroatoms. The number of piperazine rings is 1. The molecule has 2 saturated heterocycles. The number of ether oxygens (including phenoxy) is 1. The number of aryl methyl sites for hydroxylation is 1. The van der Waals surface area contributed by atoms with Gasteiger partial charge >= 0.3 is 5.97 Å². The number of rotatable bonds is 18. The number of unbranched alkanes of at least 4 members (excludes halogenated alkanes) is 6. The number of hydrogen-bond acceptors (Lipinski definition) is 12. The quantitative estimate of drug-likeness (QED) is 0.0550. The molecular formula is C56H61N9O6S. The van der Waals surface area contributed by atoms with Crippen LogP contribution in [-0.4, -0.2) is 99.3 Å². The van der Waals surface area contributed by atoms with Gasteiger partial charge in [0.1, 0.15) is 11.6 Å². The molecule has 4 aromatic carbocycles. The van der Waals surface area contributed by atoms with Gasteiger partial charge in [-0.15, -0.1) is 0 Å². The lowest BCUT2D eigenvalue weighted by atomic mass is 9.92. The molecule has 0 saturated carbocycles. The number of imide groups is 1. The van der Waals surface area contributed by atoms with Crippen LogP contribution in [0.5, 0.6) is 5.75 Å². The van der Waals surface area contributed by atoms with Gasteiger partial charge < -0.3 is 19.6 Å². The largest absolute Gasteiger partial charge is 0.493 e. The SMILES string of the molecule is Cc1c(OCCCCCCCCCN2CCN(c3cccc4c(C5CCC(=O)NC5=O)nn(C)c34)CC2)cccc1-c1ccc(N2CCc3cccc(C(=O)Nc4nc5ccccc5s4)c3C2)nc1C(=O)O. The summed E-state index contributed by atoms with van der Waals surface area (Å²) in [7, 11) is 1.94. The lowest BCUT2D eigenvalue weighted by Crippen LogP contribution is -2.46. The monoisotopic (exact) mass is 987 g/mol. The first kappa shape index (κ1) is 48.5. The van der Waals surface area contributed by atoms with Crippen LogP contribution >= 0.6 is 11.3 Å². The fourth-order valence-corrected chi connectivity index (χ4v) is 11.5. The van der Waals surface area contributed by atoms with Gasteiger partial charge in [-0.05, 0) is 104 Å². The first-order chi connectivity index (χ1) is 35.1. The zero-order valence-electron chi connectivity index (χ0n) is 41.0. The first-order valence-electron chi connectivity index (χ1n) is 25.4. The molecule has 10 rings (SSSR count). The number of aromatic nitrogens is 4. The normalized spacial score (nSPS) is 16.3. The Balaban J connectivity index is 0.658. The van der Waals surface area contributed by atoms with Crippen LogP contribution in [0.4, 0.5) is 16.6 Å². The van der Waals surface area contributed by atoms with E-state index in [-0.39, 0.29) is 23.4 Å². The number of aromatic carboxylic acids is 1. The zero-order valence-corrected chi connectivity index (χ0v) is 41.8. The third kappa shape index (κ3) is 10.4. The number of hydrogen-bond donors (Lipinski definition) is 3. The van der Waals surface area contributed by atoms with Crippen LogP contribution < -0.4 is 25.2 Å². The van der Waals surface area contributed by atoms with Crippen molar-refractivity contribution in [3.8, 4) is 16.9 Å². The third-order valence-electron chi connectivity index (χ3n) is 14.5. The molecule has 0 aliphatic carbocycles. The predicted octanol–water partition coefficient (Wildman–Crippen LogP) is 9.52. The van der Waals surface area contributed by atoms with Crippen molar-refractivity contribution in [3.05, 3.63) is 125 Å². The van der Waals surface area contributed by atoms with Gasteiger partial charge in [0.05, 0.1) is 39.6 Å². The van der Waals surface area contributed by atoms with Crippen LogP contribution in [0.1, 0.15) is 107 Å². The average molecular weight is 988 g/mol. The molecule has 372 valence electrons. The Hall–Kier alpha value is -7.17. The molecule has 6 heterocycles. The van der Waals surface area contributed by atoms with Crippen molar-refractivity contribution in [1.29, 1.82) is 0 Å². The number of carboxylic acids is 1. The van der Waals surface area contributed by atoms with Gasteiger partial charge in [-0.1, -0.05) is 92.0 Å². The summed E-state index contributed by atoms with van der Waals surface area (Å²) in [5.41, 5.74) is 8.48. The standard InChI is InChI=1S/C56H61N9O6S/c1-36-38(39-23-25-48(58-51(39)55(69)70)65-29-27-37-15-12-17-40(43(37)35-65)53(67)60-56-57-44-19-8-9-22-47(44)72-56)16-14-21-46(36)71-34-11-7-5-3-4-6-10-28-63-30-32-64(33-31-63)45-20-13-18-41-50(61-62(2)52(41)45)42-24-26-49(66)59-54(42)68/h8-9,12-23,25,42H,3-7,10-11,24,26-35H2,1-2H3,(H,69,70)(H,57,60,67)(H,59,66,68). The second-order valence-corrected chi connectivity index (χ2v) is 20.2. The Kier molecular flexibility index (Phi) is 14.6. The van der Waals surface area contributed by atoms with Crippen LogP contribution in [0.25, 0.3) is 32.2 Å². The molecule has 0 spiro atoms. The van der Waals surface area contributed by atoms with Crippen molar-refractivity contribution in [2.24, 2.45) is 7.05 Å². The van der Waals surface area contributed by atoms with Crippen molar-refractivity contribution < 1.29 is 29.0 Å². The molecule has 2 fully saturated rings. The van der Waals surface area contributed by atoms with Gasteiger partial charge in [-0.25, -0.2) is 14.8 Å². The third-order valence-corrected chi connectivity index (χ3v) is 15.5. The van der Waals surface area contributed by atoms with E-state index in [1.165, 1.54) is 37.0 Å². The molecule has 72 heavy (non-hydrogen) atoms. The number of nitrogens with one attached hydrogen (secondary N) is 2. The van der Waals surface area contributed by atoms with E-state index in [1.54, 1.807) is 0 Å². The average Bonchev–Trinajstić information content (AvgIpc) is 3.96. The number of pyridine rings is 1. The number of carboxylic acid groups (broad SMARTS) is 1. The highest BCUT2D eigenvalue weighted by molar-refractivity contribution is 7.22. The van der Waals surface area contributed by atoms with Crippen molar-refractivity contribution >= 4 is 72.8 Å². The van der Waals surface area contributed by atoms with Crippen LogP contribution in [0.15, 0.2) is 91.0 Å². The topological polar surface area (TPSA) is 175 Å². The minimum atomic E-state index is -1.11. The first-order valence-corrected chi connectivity index (χ1v) is 26.2. The molecule has 3 aromatic heterocycles. The fourth-order valence-electron chi connectivity index (χ4n) is 10.7. The molecule has 0 bridgehead atoms. The molecule has 3 N–H and O–H groups in total. The highest BCUT2D eigenvalue weighted by atomic mass is 32.1. The summed E-state index contributed by atoms with van der Waals surface area (Å²) in [5.74, 6) is -0.930. The molecule has 3 aliphatic rings. The summed E-state index contributed by atoms with van der Waals surface area (Å²) >= 11 is 1.44. The zero-order chi connectivity index (χ0) is 49.7. The Morgan fingerprint density at radius 2 is 1.58 bits per heavy atom. The van der Waals surface area contributed by atoms with Gasteiger partial charge in [0.15, 0.2) is 10.8 Å². The van der Waals surface area contributed by atoms with Gasteiger partial charge in [-0.3, -0.25) is 34.6 Å². The van der Waals surface area contributed by atoms with Crippen LogP contribution in [0, 0.1) is 6.92 Å². The smallest absolute Gasteiger partial charge is 0.355 e. The number of thiazole rings is 1. The second kappa shape index (κ2) is 21.7. The van der Waals surface area contributed by atoms with Crippen LogP contribution in [-0.2, 0) is 29.6 Å². The summed E-state index contributed by atoms with van der Waals surface area (Å²) in [6.45, 7) is 8.60. The van der Waals surface area contributed by atoms with Gasteiger partial charge in [0.25, 0.3) is 5.91 Å². The highest BCUT2D eigenvalue weighted by Crippen LogP contribution is 2.37. The van der Waals surface area contributed by atoms with E-state index >= 15 is 0 Å². The molecular weight excluding hydrogens is 927 g/mol. The molecule has 1 atom stereocenters. The van der Waals surface area contributed by atoms with Gasteiger partial charge in [0.2, 0.25) is 11.8 Å². The lowest BCUT2D eigenvalue weighted by molar-refractivity contribution is -0.134. The van der Waals surface area contributed by atoms with Crippen LogP contribution in [0.2, 0.25) is 0 Å². The number of nitrogens with zero attached hydrogens (tertiary/aromatic N) is 7. The van der Waals surface area contributed by atoms with Crippen molar-refractivity contribution in [2.45, 2.75) is 83.6 Å². The van der Waals surface area contributed by atoms with Gasteiger partial charge in [-0.2, -0.15) is 5.10 Å². The summed E-state index contributed by atoms with van der Waals surface area (Å²) in [4.78, 5) is 67.2. The van der Waals surface area contributed by atoms with Crippen molar-refractivity contribution in [3.63, 3.8) is 0 Å². The Labute approximate surface area is 423 Å². The van der Waals surface area contributed by atoms with E-state index in [2.05, 4.69) is 37.6 Å². The van der Waals surface area contributed by atoms with E-state index in [0.717, 1.165) is 112 Å². The number of fused-ring (bicyclic) bond motifs is 3. The summed E-state index contributed by atoms with van der Waals surface area (Å²) in [6.07, 6.45) is 9.52.